The lowest BCUT2D eigenvalue weighted by Gasteiger charge is -2.31. The molecule has 0 heterocycles. The van der Waals surface area contributed by atoms with Gasteiger partial charge >= 0.3 is 12.0 Å². The fourth-order valence-corrected chi connectivity index (χ4v) is 1.86. The van der Waals surface area contributed by atoms with Crippen LogP contribution in [0.25, 0.3) is 0 Å². The number of amides is 2. The van der Waals surface area contributed by atoms with Gasteiger partial charge in [0.25, 0.3) is 0 Å². The van der Waals surface area contributed by atoms with E-state index in [2.05, 4.69) is 0 Å². The van der Waals surface area contributed by atoms with Crippen molar-refractivity contribution in [2.24, 2.45) is 5.92 Å². The van der Waals surface area contributed by atoms with Crippen molar-refractivity contribution in [1.29, 1.82) is 5.26 Å². The molecule has 0 saturated carbocycles. The van der Waals surface area contributed by atoms with Gasteiger partial charge in [0.1, 0.15) is 6.04 Å². The van der Waals surface area contributed by atoms with Gasteiger partial charge in [-0.1, -0.05) is 20.8 Å². The first-order valence-electron chi connectivity index (χ1n) is 6.46. The van der Waals surface area contributed by atoms with Crippen molar-refractivity contribution >= 4 is 12.0 Å². The van der Waals surface area contributed by atoms with E-state index in [0.29, 0.717) is 19.5 Å². The minimum atomic E-state index is -1.01. The molecule has 0 aromatic rings. The highest BCUT2D eigenvalue weighted by atomic mass is 16.4. The summed E-state index contributed by atoms with van der Waals surface area (Å²) < 4.78 is 0. The number of carboxylic acids is 1. The van der Waals surface area contributed by atoms with Gasteiger partial charge in [0.05, 0.1) is 12.5 Å². The van der Waals surface area contributed by atoms with E-state index in [9.17, 15) is 9.59 Å². The average Bonchev–Trinajstić information content (AvgIpc) is 2.33. The summed E-state index contributed by atoms with van der Waals surface area (Å²) in [6, 6.07) is 0.838. The molecule has 1 unspecified atom stereocenters. The molecule has 0 fully saturated rings. The van der Waals surface area contributed by atoms with E-state index in [1.807, 2.05) is 19.9 Å². The van der Waals surface area contributed by atoms with Gasteiger partial charge in [0.2, 0.25) is 0 Å². The minimum absolute atomic E-state index is 0.246. The molecule has 1 atom stereocenters. The Balaban J connectivity index is 4.86. The van der Waals surface area contributed by atoms with E-state index in [1.165, 1.54) is 11.9 Å². The minimum Gasteiger partial charge on any atom is -0.480 e. The van der Waals surface area contributed by atoms with Gasteiger partial charge < -0.3 is 14.9 Å². The number of carbonyl (C=O) groups is 2. The number of aliphatic carboxylic acids is 1. The number of likely N-dealkylation sites (N-methyl/N-ethyl adjacent to an activating group) is 1. The Morgan fingerprint density at radius 1 is 1.37 bits per heavy atom. The van der Waals surface area contributed by atoms with Crippen molar-refractivity contribution < 1.29 is 14.7 Å². The number of nitrogens with zero attached hydrogens (tertiary/aromatic N) is 3. The molecule has 0 saturated heterocycles. The molecule has 0 aliphatic heterocycles. The smallest absolute Gasteiger partial charge is 0.326 e. The number of rotatable bonds is 7. The molecule has 108 valence electrons. The van der Waals surface area contributed by atoms with Crippen molar-refractivity contribution in [2.45, 2.75) is 39.7 Å². The average molecular weight is 269 g/mol. The van der Waals surface area contributed by atoms with Crippen LogP contribution in [-0.2, 0) is 4.79 Å². The second kappa shape index (κ2) is 8.35. The first kappa shape index (κ1) is 17.2. The van der Waals surface area contributed by atoms with Crippen LogP contribution >= 0.6 is 0 Å². The molecule has 0 aliphatic carbocycles. The Labute approximate surface area is 114 Å². The van der Waals surface area contributed by atoms with Crippen LogP contribution in [0.4, 0.5) is 4.79 Å². The Hall–Kier alpha value is -1.77. The fraction of sp³-hybridized carbons (Fsp3) is 0.769. The standard InChI is InChI=1S/C13H23N3O3/c1-5-11(12(17)18)15(4)13(19)16(8-6-7-14)9-10(2)3/h10-11H,5-6,8-9H2,1-4H3,(H,17,18). The molecule has 0 bridgehead atoms. The van der Waals surface area contributed by atoms with Crippen molar-refractivity contribution in [3.8, 4) is 6.07 Å². The molecule has 0 radical (unpaired) electrons. The number of carboxylic acid groups (broad SMARTS) is 1. The summed E-state index contributed by atoms with van der Waals surface area (Å²) in [5, 5.41) is 17.7. The first-order chi connectivity index (χ1) is 8.84. The summed E-state index contributed by atoms with van der Waals surface area (Å²) in [4.78, 5) is 26.1. The summed E-state index contributed by atoms with van der Waals surface area (Å²) in [6.45, 7) is 6.52. The maximum Gasteiger partial charge on any atom is 0.326 e. The molecule has 0 rings (SSSR count). The normalized spacial score (nSPS) is 11.8. The molecule has 0 aliphatic rings. The maximum absolute atomic E-state index is 12.3. The SMILES string of the molecule is CCC(C(=O)O)N(C)C(=O)N(CCC#N)CC(C)C. The van der Waals surface area contributed by atoms with Gasteiger partial charge in [0.15, 0.2) is 0 Å². The largest absolute Gasteiger partial charge is 0.480 e. The van der Waals surface area contributed by atoms with Crippen molar-refractivity contribution in [3.63, 3.8) is 0 Å². The van der Waals surface area contributed by atoms with Gasteiger partial charge in [-0.05, 0) is 12.3 Å². The van der Waals surface area contributed by atoms with E-state index in [0.717, 1.165) is 0 Å². The molecular weight excluding hydrogens is 246 g/mol. The Kier molecular flexibility index (Phi) is 7.57. The zero-order chi connectivity index (χ0) is 15.0. The summed E-state index contributed by atoms with van der Waals surface area (Å²) in [6.07, 6.45) is 0.599. The van der Waals surface area contributed by atoms with E-state index in [-0.39, 0.29) is 18.4 Å². The fourth-order valence-electron chi connectivity index (χ4n) is 1.86. The number of nitriles is 1. The number of carbonyl (C=O) groups excluding carboxylic acids is 1. The van der Waals surface area contributed by atoms with Crippen LogP contribution in [0.1, 0.15) is 33.6 Å². The zero-order valence-electron chi connectivity index (χ0n) is 12.1. The van der Waals surface area contributed by atoms with E-state index in [4.69, 9.17) is 10.4 Å². The topological polar surface area (TPSA) is 84.6 Å². The molecule has 19 heavy (non-hydrogen) atoms. The van der Waals surface area contributed by atoms with Crippen LogP contribution in [0.15, 0.2) is 0 Å². The highest BCUT2D eigenvalue weighted by molar-refractivity contribution is 5.82. The predicted octanol–water partition coefficient (Wildman–Crippen LogP) is 1.77. The van der Waals surface area contributed by atoms with Crippen LogP contribution in [0.2, 0.25) is 0 Å². The number of urea groups is 1. The number of hydrogen-bond acceptors (Lipinski definition) is 3. The molecule has 1 N–H and O–H groups in total. The van der Waals surface area contributed by atoms with E-state index in [1.54, 1.807) is 11.8 Å². The maximum atomic E-state index is 12.3. The first-order valence-corrected chi connectivity index (χ1v) is 6.46. The lowest BCUT2D eigenvalue weighted by molar-refractivity contribution is -0.142. The third-order valence-electron chi connectivity index (χ3n) is 2.79. The molecule has 0 aromatic heterocycles. The van der Waals surface area contributed by atoms with E-state index < -0.39 is 12.0 Å². The van der Waals surface area contributed by atoms with E-state index >= 15 is 0 Å². The van der Waals surface area contributed by atoms with Gasteiger partial charge in [-0.15, -0.1) is 0 Å². The van der Waals surface area contributed by atoms with Gasteiger partial charge in [-0.25, -0.2) is 9.59 Å². The molecule has 0 aromatic carbocycles. The van der Waals surface area contributed by atoms with Crippen LogP contribution < -0.4 is 0 Å². The third kappa shape index (κ3) is 5.60. The van der Waals surface area contributed by atoms with Crippen LogP contribution in [0.3, 0.4) is 0 Å². The molecule has 0 spiro atoms. The Bertz CT molecular complexity index is 350. The highest BCUT2D eigenvalue weighted by Crippen LogP contribution is 2.09. The molecule has 6 nitrogen and oxygen atoms in total. The monoisotopic (exact) mass is 269 g/mol. The molecule has 2 amide bonds. The highest BCUT2D eigenvalue weighted by Gasteiger charge is 2.28. The second-order valence-corrected chi connectivity index (χ2v) is 4.90. The Morgan fingerprint density at radius 3 is 2.32 bits per heavy atom. The molecular formula is C13H23N3O3. The lowest BCUT2D eigenvalue weighted by Crippen LogP contribution is -2.49. The zero-order valence-corrected chi connectivity index (χ0v) is 12.1. The second-order valence-electron chi connectivity index (χ2n) is 4.90. The van der Waals surface area contributed by atoms with Crippen LogP contribution in [-0.4, -0.2) is 53.1 Å². The van der Waals surface area contributed by atoms with Gasteiger partial charge in [-0.2, -0.15) is 5.26 Å². The third-order valence-corrected chi connectivity index (χ3v) is 2.79. The van der Waals surface area contributed by atoms with Crippen molar-refractivity contribution in [1.82, 2.24) is 9.80 Å². The van der Waals surface area contributed by atoms with Gasteiger partial charge in [-0.3, -0.25) is 0 Å². The lowest BCUT2D eigenvalue weighted by atomic mass is 10.2. The van der Waals surface area contributed by atoms with Gasteiger partial charge in [0, 0.05) is 20.1 Å². The van der Waals surface area contributed by atoms with Crippen LogP contribution in [0.5, 0.6) is 0 Å². The quantitative estimate of drug-likeness (QED) is 0.763. The molecule has 6 heteroatoms. The summed E-state index contributed by atoms with van der Waals surface area (Å²) in [5.41, 5.74) is 0. The number of hydrogen-bond donors (Lipinski definition) is 1. The van der Waals surface area contributed by atoms with Crippen molar-refractivity contribution in [2.75, 3.05) is 20.1 Å². The summed E-state index contributed by atoms with van der Waals surface area (Å²) in [7, 11) is 1.49. The Morgan fingerprint density at radius 2 is 1.95 bits per heavy atom. The summed E-state index contributed by atoms with van der Waals surface area (Å²) in [5.74, 6) is -0.746. The predicted molar refractivity (Wildman–Crippen MR) is 71.5 cm³/mol. The van der Waals surface area contributed by atoms with Crippen molar-refractivity contribution in [3.05, 3.63) is 0 Å². The van der Waals surface area contributed by atoms with Crippen LogP contribution in [0, 0.1) is 17.2 Å². The summed E-state index contributed by atoms with van der Waals surface area (Å²) >= 11 is 0.